The van der Waals surface area contributed by atoms with Crippen LogP contribution in [-0.2, 0) is 6.54 Å². The molecule has 4 aromatic heterocycles. The molecule has 0 unspecified atom stereocenters. The summed E-state index contributed by atoms with van der Waals surface area (Å²) in [5.41, 5.74) is 6.48. The Hall–Kier alpha value is -3.21. The minimum atomic E-state index is 0.743. The lowest BCUT2D eigenvalue weighted by atomic mass is 10.2. The van der Waals surface area contributed by atoms with Gasteiger partial charge in [0.2, 0.25) is 0 Å². The van der Waals surface area contributed by atoms with E-state index in [-0.39, 0.29) is 0 Å². The van der Waals surface area contributed by atoms with E-state index in [2.05, 4.69) is 62.5 Å². The Morgan fingerprint density at radius 2 is 1.76 bits per heavy atom. The minimum Gasteiger partial charge on any atom is -0.338 e. The lowest BCUT2D eigenvalue weighted by Crippen LogP contribution is -2.03. The van der Waals surface area contributed by atoms with Crippen molar-refractivity contribution in [1.29, 1.82) is 0 Å². The highest BCUT2D eigenvalue weighted by atomic mass is 15.2. The first-order chi connectivity index (χ1) is 12.2. The van der Waals surface area contributed by atoms with Crippen LogP contribution in [0.5, 0.6) is 0 Å². The fraction of sp³-hybridized carbons (Fsp3) is 0.150. The monoisotopic (exact) mass is 327 g/mol. The maximum absolute atomic E-state index is 4.82. The Bertz CT molecular complexity index is 1250. The van der Waals surface area contributed by atoms with Gasteiger partial charge in [0.05, 0.1) is 28.8 Å². The van der Waals surface area contributed by atoms with E-state index in [4.69, 9.17) is 4.98 Å². The quantitative estimate of drug-likeness (QED) is 0.494. The molecule has 5 heteroatoms. The molecule has 0 atom stereocenters. The lowest BCUT2D eigenvalue weighted by Gasteiger charge is -2.09. The number of hydrogen-bond donors (Lipinski definition) is 0. The Morgan fingerprint density at radius 3 is 2.68 bits per heavy atom. The van der Waals surface area contributed by atoms with Crippen LogP contribution in [0.1, 0.15) is 17.2 Å². The normalized spacial score (nSPS) is 11.8. The fourth-order valence-corrected chi connectivity index (χ4v) is 3.54. The van der Waals surface area contributed by atoms with Crippen molar-refractivity contribution in [3.8, 4) is 0 Å². The van der Waals surface area contributed by atoms with Gasteiger partial charge >= 0.3 is 0 Å². The first-order valence-corrected chi connectivity index (χ1v) is 8.36. The van der Waals surface area contributed by atoms with Crippen molar-refractivity contribution in [3.63, 3.8) is 0 Å². The van der Waals surface area contributed by atoms with Crippen LogP contribution in [0.25, 0.3) is 27.6 Å². The summed E-state index contributed by atoms with van der Waals surface area (Å²) in [6.45, 7) is 4.86. The summed E-state index contributed by atoms with van der Waals surface area (Å²) in [5, 5.41) is 9.58. The van der Waals surface area contributed by atoms with Crippen LogP contribution < -0.4 is 0 Å². The van der Waals surface area contributed by atoms with Gasteiger partial charge in [-0.2, -0.15) is 0 Å². The van der Waals surface area contributed by atoms with E-state index in [0.717, 1.165) is 34.7 Å². The number of hydrogen-bond acceptors (Lipinski definition) is 3. The Labute approximate surface area is 144 Å². The number of benzene rings is 1. The molecule has 0 amide bonds. The maximum Gasteiger partial charge on any atom is 0.161 e. The number of aromatic nitrogens is 5. The average molecular weight is 327 g/mol. The van der Waals surface area contributed by atoms with Gasteiger partial charge < -0.3 is 4.57 Å². The van der Waals surface area contributed by atoms with E-state index in [1.165, 1.54) is 16.6 Å². The van der Waals surface area contributed by atoms with Gasteiger partial charge in [-0.05, 0) is 44.2 Å². The molecule has 4 heterocycles. The minimum absolute atomic E-state index is 0.743. The van der Waals surface area contributed by atoms with Gasteiger partial charge in [0, 0.05) is 11.1 Å². The summed E-state index contributed by atoms with van der Waals surface area (Å²) in [6, 6.07) is 18.8. The second-order valence-corrected chi connectivity index (χ2v) is 6.41. The number of pyridine rings is 2. The molecule has 25 heavy (non-hydrogen) atoms. The zero-order valence-corrected chi connectivity index (χ0v) is 14.1. The van der Waals surface area contributed by atoms with Crippen molar-refractivity contribution < 1.29 is 0 Å². The molecule has 0 saturated carbocycles. The Balaban J connectivity index is 1.67. The highest BCUT2D eigenvalue weighted by molar-refractivity contribution is 5.81. The molecule has 0 radical (unpaired) electrons. The van der Waals surface area contributed by atoms with Gasteiger partial charge in [-0.1, -0.05) is 24.3 Å². The van der Waals surface area contributed by atoms with Crippen molar-refractivity contribution in [1.82, 2.24) is 24.1 Å². The predicted octanol–water partition coefficient (Wildman–Crippen LogP) is 3.90. The van der Waals surface area contributed by atoms with Crippen LogP contribution in [0.4, 0.5) is 0 Å². The highest BCUT2D eigenvalue weighted by Crippen LogP contribution is 2.23. The molecule has 0 N–H and O–H groups in total. The molecule has 5 aromatic rings. The third kappa shape index (κ3) is 2.12. The van der Waals surface area contributed by atoms with Crippen LogP contribution >= 0.6 is 0 Å². The van der Waals surface area contributed by atoms with Crippen molar-refractivity contribution in [2.75, 3.05) is 0 Å². The Kier molecular flexibility index (Phi) is 2.91. The van der Waals surface area contributed by atoms with E-state index in [1.807, 2.05) is 25.1 Å². The standard InChI is InChI=1S/C20H17N5/c1-13-11-19-18(9-10-20-23-22-14(2)25(19)20)24(13)12-16-8-7-15-5-3-4-6-17(15)21-16/h3-11H,12H2,1-2H3. The molecule has 5 nitrogen and oxygen atoms in total. The van der Waals surface area contributed by atoms with Gasteiger partial charge in [0.1, 0.15) is 5.82 Å². The van der Waals surface area contributed by atoms with Crippen LogP contribution in [0.3, 0.4) is 0 Å². The van der Waals surface area contributed by atoms with Crippen LogP contribution in [-0.4, -0.2) is 24.1 Å². The summed E-state index contributed by atoms with van der Waals surface area (Å²) in [6.07, 6.45) is 0. The van der Waals surface area contributed by atoms with Crippen molar-refractivity contribution >= 4 is 27.6 Å². The first-order valence-electron chi connectivity index (χ1n) is 8.36. The van der Waals surface area contributed by atoms with Gasteiger partial charge in [0.25, 0.3) is 0 Å². The molecule has 0 fully saturated rings. The maximum atomic E-state index is 4.82. The summed E-state index contributed by atoms with van der Waals surface area (Å²) in [5.74, 6) is 0.904. The van der Waals surface area contributed by atoms with E-state index in [0.29, 0.717) is 0 Å². The molecule has 0 bridgehead atoms. The molecule has 5 rings (SSSR count). The number of aryl methyl sites for hydroxylation is 2. The zero-order valence-electron chi connectivity index (χ0n) is 14.1. The van der Waals surface area contributed by atoms with E-state index in [9.17, 15) is 0 Å². The average Bonchev–Trinajstić information content (AvgIpc) is 3.15. The molecule has 122 valence electrons. The van der Waals surface area contributed by atoms with Gasteiger partial charge in [-0.25, -0.2) is 0 Å². The number of fused-ring (bicyclic) bond motifs is 4. The zero-order chi connectivity index (χ0) is 17.0. The van der Waals surface area contributed by atoms with Gasteiger partial charge in [-0.15, -0.1) is 10.2 Å². The summed E-state index contributed by atoms with van der Waals surface area (Å²) >= 11 is 0. The summed E-state index contributed by atoms with van der Waals surface area (Å²) in [4.78, 5) is 4.82. The van der Waals surface area contributed by atoms with E-state index < -0.39 is 0 Å². The van der Waals surface area contributed by atoms with Crippen molar-refractivity contribution in [3.05, 3.63) is 71.8 Å². The molecule has 0 spiro atoms. The molecule has 0 saturated heterocycles. The third-order valence-corrected chi connectivity index (χ3v) is 4.78. The predicted molar refractivity (Wildman–Crippen MR) is 98.8 cm³/mol. The van der Waals surface area contributed by atoms with Gasteiger partial charge in [-0.3, -0.25) is 9.38 Å². The number of para-hydroxylation sites is 1. The summed E-state index contributed by atoms with van der Waals surface area (Å²) < 4.78 is 4.40. The van der Waals surface area contributed by atoms with Crippen molar-refractivity contribution in [2.45, 2.75) is 20.4 Å². The first kappa shape index (κ1) is 14.2. The lowest BCUT2D eigenvalue weighted by molar-refractivity contribution is 0.784. The molecule has 0 aliphatic heterocycles. The summed E-state index contributed by atoms with van der Waals surface area (Å²) in [7, 11) is 0. The Morgan fingerprint density at radius 1 is 0.880 bits per heavy atom. The number of nitrogens with zero attached hydrogens (tertiary/aromatic N) is 5. The fourth-order valence-electron chi connectivity index (χ4n) is 3.54. The second-order valence-electron chi connectivity index (χ2n) is 6.41. The smallest absolute Gasteiger partial charge is 0.161 e. The van der Waals surface area contributed by atoms with E-state index >= 15 is 0 Å². The van der Waals surface area contributed by atoms with Crippen LogP contribution in [0, 0.1) is 13.8 Å². The SMILES string of the molecule is Cc1cc2c(ccc3nnc(C)n32)n1Cc1ccc2ccccc2n1. The molecular weight excluding hydrogens is 310 g/mol. The second kappa shape index (κ2) is 5.14. The molecule has 1 aromatic carbocycles. The number of rotatable bonds is 2. The van der Waals surface area contributed by atoms with E-state index in [1.54, 1.807) is 0 Å². The third-order valence-electron chi connectivity index (χ3n) is 4.78. The van der Waals surface area contributed by atoms with Crippen LogP contribution in [0.15, 0.2) is 54.6 Å². The topological polar surface area (TPSA) is 48.0 Å². The highest BCUT2D eigenvalue weighted by Gasteiger charge is 2.12. The molecule has 0 aliphatic carbocycles. The van der Waals surface area contributed by atoms with Gasteiger partial charge in [0.15, 0.2) is 5.65 Å². The largest absolute Gasteiger partial charge is 0.338 e. The van der Waals surface area contributed by atoms with Crippen LogP contribution in [0.2, 0.25) is 0 Å². The molecular formula is C20H17N5. The molecule has 0 aliphatic rings. The van der Waals surface area contributed by atoms with Crippen molar-refractivity contribution in [2.24, 2.45) is 0 Å².